The van der Waals surface area contributed by atoms with Crippen LogP contribution in [0.2, 0.25) is 0 Å². The Morgan fingerprint density at radius 2 is 1.70 bits per heavy atom. The van der Waals surface area contributed by atoms with Crippen LogP contribution in [0, 0.1) is 23.7 Å². The van der Waals surface area contributed by atoms with Gasteiger partial charge in [0.25, 0.3) is 5.78 Å². The average Bonchev–Trinajstić information content (AvgIpc) is 3.95. The second-order valence-corrected chi connectivity index (χ2v) is 17.5. The number of benzene rings is 1. The highest BCUT2D eigenvalue weighted by Gasteiger charge is 2.46. The van der Waals surface area contributed by atoms with Gasteiger partial charge in [0.05, 0.1) is 49.8 Å². The van der Waals surface area contributed by atoms with Crippen molar-refractivity contribution in [3.05, 3.63) is 35.9 Å². The standard InChI is InChI=1S/C40H64N5O8P/c1-10-25(4)36(44(6)40(49)34(24(2)3)43-39(48)35-28-18-19-29(22-28)41-35)31(51-7)23-33(46)45-20-14-17-30(45)37(52-8)26(5)38(47)42-32(54(50)53-9)21-27-15-12-11-13-16-27/h11-13,15-16,24-26,28-32,34-37,41H,10,14,17-23H2,1-9H3,(H-,42,43,47,48)/p+1. The van der Waals surface area contributed by atoms with E-state index in [4.69, 9.17) is 14.0 Å². The van der Waals surface area contributed by atoms with Crippen molar-refractivity contribution in [3.63, 3.8) is 0 Å². The Morgan fingerprint density at radius 1 is 1.00 bits per heavy atom. The summed E-state index contributed by atoms with van der Waals surface area (Å²) in [5.41, 5.74) is 0.917. The molecule has 2 heterocycles. The number of likely N-dealkylation sites (N-methyl/N-ethyl adjacent to an activating group) is 1. The molecule has 54 heavy (non-hydrogen) atoms. The number of piperidine rings is 1. The van der Waals surface area contributed by atoms with Gasteiger partial charge in [-0.15, -0.1) is 4.52 Å². The van der Waals surface area contributed by atoms with Gasteiger partial charge in [-0.05, 0) is 60.0 Å². The number of ether oxygens (including phenoxy) is 2. The van der Waals surface area contributed by atoms with Gasteiger partial charge in [0.15, 0.2) is 0 Å². The van der Waals surface area contributed by atoms with Crippen LogP contribution in [-0.4, -0.2) is 117 Å². The van der Waals surface area contributed by atoms with E-state index in [1.54, 1.807) is 38.0 Å². The molecule has 302 valence electrons. The first kappa shape index (κ1) is 43.8. The molecule has 4 rings (SSSR count). The molecule has 0 aromatic heterocycles. The number of hydrogen-bond acceptors (Lipinski definition) is 9. The van der Waals surface area contributed by atoms with E-state index in [1.165, 1.54) is 7.11 Å². The minimum atomic E-state index is -2.18. The van der Waals surface area contributed by atoms with Gasteiger partial charge in [-0.1, -0.05) is 71.4 Å². The lowest BCUT2D eigenvalue weighted by Gasteiger charge is -2.41. The van der Waals surface area contributed by atoms with Crippen molar-refractivity contribution >= 4 is 31.7 Å². The zero-order valence-electron chi connectivity index (χ0n) is 33.8. The average molecular weight is 775 g/mol. The van der Waals surface area contributed by atoms with Crippen molar-refractivity contribution in [2.24, 2.45) is 23.7 Å². The lowest BCUT2D eigenvalue weighted by Crippen LogP contribution is -2.59. The number of rotatable bonds is 20. The smallest absolute Gasteiger partial charge is 0.379 e. The van der Waals surface area contributed by atoms with Crippen LogP contribution in [0.3, 0.4) is 0 Å². The molecule has 0 spiro atoms. The van der Waals surface area contributed by atoms with Crippen LogP contribution in [0.4, 0.5) is 0 Å². The Hall–Kier alpha value is -2.96. The Balaban J connectivity index is 1.45. The van der Waals surface area contributed by atoms with Crippen molar-refractivity contribution in [1.29, 1.82) is 0 Å². The summed E-state index contributed by atoms with van der Waals surface area (Å²) in [6.45, 7) is 10.2. The summed E-state index contributed by atoms with van der Waals surface area (Å²) in [5, 5.41) is 9.44. The molecule has 0 radical (unpaired) electrons. The normalized spacial score (nSPS) is 25.0. The molecule has 14 heteroatoms. The van der Waals surface area contributed by atoms with Crippen LogP contribution in [0.15, 0.2) is 30.3 Å². The van der Waals surface area contributed by atoms with E-state index in [9.17, 15) is 23.7 Å². The van der Waals surface area contributed by atoms with Crippen molar-refractivity contribution in [3.8, 4) is 0 Å². The predicted octanol–water partition coefficient (Wildman–Crippen LogP) is 4.26. The number of fused-ring (bicyclic) bond motifs is 2. The Bertz CT molecular complexity index is 1430. The molecule has 13 nitrogen and oxygen atoms in total. The number of carbonyl (C=O) groups excluding carboxylic acids is 4. The van der Waals surface area contributed by atoms with Crippen molar-refractivity contribution in [2.45, 2.75) is 134 Å². The first-order chi connectivity index (χ1) is 25.8. The van der Waals surface area contributed by atoms with Gasteiger partial charge >= 0.3 is 8.03 Å². The first-order valence-corrected chi connectivity index (χ1v) is 21.0. The molecule has 4 amide bonds. The maximum Gasteiger partial charge on any atom is 0.533 e. The third-order valence-electron chi connectivity index (χ3n) is 12.1. The molecule has 3 fully saturated rings. The fraction of sp³-hybridized carbons (Fsp3) is 0.750. The van der Waals surface area contributed by atoms with E-state index < -0.39 is 44.0 Å². The molecule has 2 bridgehead atoms. The number of amides is 4. The van der Waals surface area contributed by atoms with Crippen molar-refractivity contribution in [1.82, 2.24) is 25.8 Å². The zero-order valence-corrected chi connectivity index (χ0v) is 34.7. The van der Waals surface area contributed by atoms with E-state index in [1.807, 2.05) is 51.1 Å². The largest absolute Gasteiger partial charge is 0.533 e. The summed E-state index contributed by atoms with van der Waals surface area (Å²) >= 11 is 0. The summed E-state index contributed by atoms with van der Waals surface area (Å²) in [7, 11) is 4.03. The number of nitrogens with zero attached hydrogens (tertiary/aromatic N) is 2. The topological polar surface area (TPSA) is 156 Å². The maximum atomic E-state index is 14.2. The molecule has 1 aliphatic carbocycles. The number of hydrogen-bond donors (Lipinski definition) is 3. The SMILES string of the molecule is CCC(C)C(C(CC(=O)N1CCCC1C(OC)C(C)C(=O)NC(Cc1ccccc1)[P+](=O)OC)OC)N(C)C(=O)C(NC(=O)C1NC2CCC1C2)C(C)C. The molecule has 12 atom stereocenters. The van der Waals surface area contributed by atoms with Crippen LogP contribution in [0.25, 0.3) is 0 Å². The molecule has 1 saturated carbocycles. The fourth-order valence-electron chi connectivity index (χ4n) is 8.87. The minimum absolute atomic E-state index is 0.0142. The lowest BCUT2D eigenvalue weighted by molar-refractivity contribution is -0.147. The van der Waals surface area contributed by atoms with Crippen LogP contribution in [0.1, 0.15) is 85.1 Å². The molecular formula is C40H65N5O8P+. The second-order valence-electron chi connectivity index (χ2n) is 15.9. The van der Waals surface area contributed by atoms with Crippen molar-refractivity contribution in [2.75, 3.05) is 34.9 Å². The molecule has 1 aromatic rings. The highest BCUT2D eigenvalue weighted by Crippen LogP contribution is 2.36. The van der Waals surface area contributed by atoms with Crippen LogP contribution in [-0.2, 0) is 44.2 Å². The maximum absolute atomic E-state index is 14.2. The lowest BCUT2D eigenvalue weighted by atomic mass is 9.89. The van der Waals surface area contributed by atoms with E-state index >= 15 is 0 Å². The van der Waals surface area contributed by atoms with Crippen LogP contribution < -0.4 is 16.0 Å². The van der Waals surface area contributed by atoms with Gasteiger partial charge in [0.1, 0.15) is 6.04 Å². The third kappa shape index (κ3) is 10.5. The number of methoxy groups -OCH3 is 2. The summed E-state index contributed by atoms with van der Waals surface area (Å²) in [6.07, 6.45) is 4.37. The van der Waals surface area contributed by atoms with Gasteiger partial charge in [-0.3, -0.25) is 19.2 Å². The highest BCUT2D eigenvalue weighted by molar-refractivity contribution is 7.40. The number of nitrogens with one attached hydrogen (secondary N) is 3. The van der Waals surface area contributed by atoms with E-state index in [0.29, 0.717) is 31.3 Å². The summed E-state index contributed by atoms with van der Waals surface area (Å²) in [5.74, 6) is -2.09. The second kappa shape index (κ2) is 20.3. The van der Waals surface area contributed by atoms with Gasteiger partial charge in [0, 0.05) is 40.3 Å². The first-order valence-electron chi connectivity index (χ1n) is 19.8. The molecule has 3 aliphatic rings. The summed E-state index contributed by atoms with van der Waals surface area (Å²) < 4.78 is 29.9. The highest BCUT2D eigenvalue weighted by atomic mass is 31.1. The quantitative estimate of drug-likeness (QED) is 0.165. The molecular weight excluding hydrogens is 709 g/mol. The molecule has 1 aromatic carbocycles. The van der Waals surface area contributed by atoms with Gasteiger partial charge < -0.3 is 35.2 Å². The Labute approximate surface area is 323 Å². The Kier molecular flexibility index (Phi) is 16.4. The summed E-state index contributed by atoms with van der Waals surface area (Å²) in [6, 6.07) is 8.05. The van der Waals surface area contributed by atoms with Crippen LogP contribution in [0.5, 0.6) is 0 Å². The molecule has 3 N–H and O–H groups in total. The van der Waals surface area contributed by atoms with E-state index in [2.05, 4.69) is 22.9 Å². The zero-order chi connectivity index (χ0) is 39.7. The van der Waals surface area contributed by atoms with Gasteiger partial charge in [-0.2, -0.15) is 0 Å². The molecule has 2 saturated heterocycles. The molecule has 12 unspecified atom stereocenters. The summed E-state index contributed by atoms with van der Waals surface area (Å²) in [4.78, 5) is 59.0. The predicted molar refractivity (Wildman–Crippen MR) is 208 cm³/mol. The van der Waals surface area contributed by atoms with Gasteiger partial charge in [0.2, 0.25) is 23.6 Å². The Morgan fingerprint density at radius 3 is 2.26 bits per heavy atom. The van der Waals surface area contributed by atoms with Crippen LogP contribution >= 0.6 is 8.03 Å². The number of likely N-dealkylation sites (tertiary alicyclic amines) is 1. The van der Waals surface area contributed by atoms with E-state index in [-0.39, 0.29) is 54.0 Å². The minimum Gasteiger partial charge on any atom is -0.379 e. The number of carbonyl (C=O) groups is 4. The van der Waals surface area contributed by atoms with Gasteiger partial charge in [-0.25, -0.2) is 0 Å². The van der Waals surface area contributed by atoms with Crippen molar-refractivity contribution < 1.29 is 37.7 Å². The fourth-order valence-corrected chi connectivity index (χ4v) is 9.72. The third-order valence-corrected chi connectivity index (χ3v) is 13.3. The molecule has 2 aliphatic heterocycles. The monoisotopic (exact) mass is 774 g/mol. The van der Waals surface area contributed by atoms with E-state index in [0.717, 1.165) is 37.7 Å².